The standard InChI is InChI=1S/C13H12BrN3OS/c14-10-6-4-8(5-7-10)11(18)15-13-17-16-12(19-13)9-2-1-3-9/h4-7,9H,1-3H2,(H,15,17,18). The Bertz CT molecular complexity index is 592. The number of carbonyl (C=O) groups is 1. The van der Waals surface area contributed by atoms with Crippen LogP contribution in [0.15, 0.2) is 28.7 Å². The summed E-state index contributed by atoms with van der Waals surface area (Å²) in [4.78, 5) is 12.0. The van der Waals surface area contributed by atoms with Crippen molar-refractivity contribution in [2.24, 2.45) is 0 Å². The van der Waals surface area contributed by atoms with Crippen molar-refractivity contribution >= 4 is 38.3 Å². The molecule has 0 aliphatic heterocycles. The van der Waals surface area contributed by atoms with E-state index in [0.717, 1.165) is 9.48 Å². The van der Waals surface area contributed by atoms with Crippen LogP contribution in [0.25, 0.3) is 0 Å². The lowest BCUT2D eigenvalue weighted by Gasteiger charge is -2.21. The van der Waals surface area contributed by atoms with Crippen LogP contribution in [0, 0.1) is 0 Å². The molecule has 1 N–H and O–H groups in total. The van der Waals surface area contributed by atoms with Gasteiger partial charge in [-0.3, -0.25) is 10.1 Å². The highest BCUT2D eigenvalue weighted by atomic mass is 79.9. The van der Waals surface area contributed by atoms with Crippen molar-refractivity contribution in [3.8, 4) is 0 Å². The highest BCUT2D eigenvalue weighted by molar-refractivity contribution is 9.10. The Morgan fingerprint density at radius 2 is 2.00 bits per heavy atom. The van der Waals surface area contributed by atoms with Crippen LogP contribution in [0.3, 0.4) is 0 Å². The molecule has 1 aliphatic rings. The van der Waals surface area contributed by atoms with Gasteiger partial charge >= 0.3 is 0 Å². The molecule has 0 bridgehead atoms. The molecule has 0 saturated heterocycles. The maximum Gasteiger partial charge on any atom is 0.257 e. The molecule has 0 spiro atoms. The van der Waals surface area contributed by atoms with Crippen molar-refractivity contribution in [1.82, 2.24) is 10.2 Å². The maximum absolute atomic E-state index is 12.0. The predicted octanol–water partition coefficient (Wildman–Crippen LogP) is 3.82. The van der Waals surface area contributed by atoms with Gasteiger partial charge < -0.3 is 0 Å². The number of amides is 1. The van der Waals surface area contributed by atoms with Gasteiger partial charge in [0.2, 0.25) is 5.13 Å². The van der Waals surface area contributed by atoms with Crippen molar-refractivity contribution in [2.45, 2.75) is 25.2 Å². The first-order valence-corrected chi connectivity index (χ1v) is 7.73. The summed E-state index contributed by atoms with van der Waals surface area (Å²) >= 11 is 4.82. The molecule has 0 atom stereocenters. The number of nitrogens with zero attached hydrogens (tertiary/aromatic N) is 2. The summed E-state index contributed by atoms with van der Waals surface area (Å²) in [5.74, 6) is 0.402. The second-order valence-electron chi connectivity index (χ2n) is 4.53. The molecule has 6 heteroatoms. The number of rotatable bonds is 3. The van der Waals surface area contributed by atoms with Crippen molar-refractivity contribution in [3.05, 3.63) is 39.3 Å². The number of aromatic nitrogens is 2. The lowest BCUT2D eigenvalue weighted by molar-refractivity contribution is 0.102. The Hall–Kier alpha value is -1.27. The third-order valence-electron chi connectivity index (χ3n) is 3.22. The molecule has 1 amide bonds. The van der Waals surface area contributed by atoms with Crippen LogP contribution in [-0.2, 0) is 0 Å². The van der Waals surface area contributed by atoms with Gasteiger partial charge in [0.1, 0.15) is 5.01 Å². The zero-order valence-electron chi connectivity index (χ0n) is 10.1. The van der Waals surface area contributed by atoms with Crippen molar-refractivity contribution in [2.75, 3.05) is 5.32 Å². The summed E-state index contributed by atoms with van der Waals surface area (Å²) < 4.78 is 0.951. The van der Waals surface area contributed by atoms with E-state index >= 15 is 0 Å². The third-order valence-corrected chi connectivity index (χ3v) is 4.75. The fraction of sp³-hybridized carbons (Fsp3) is 0.308. The molecule has 19 heavy (non-hydrogen) atoms. The van der Waals surface area contributed by atoms with Gasteiger partial charge in [-0.2, -0.15) is 0 Å². The average molecular weight is 338 g/mol. The first-order valence-electron chi connectivity index (χ1n) is 6.13. The summed E-state index contributed by atoms with van der Waals surface area (Å²) in [5.41, 5.74) is 0.614. The first-order chi connectivity index (χ1) is 9.22. The molecule has 0 radical (unpaired) electrons. The number of halogens is 1. The molecule has 0 unspecified atom stereocenters. The molecule has 1 fully saturated rings. The minimum absolute atomic E-state index is 0.149. The Morgan fingerprint density at radius 1 is 1.26 bits per heavy atom. The van der Waals surface area contributed by atoms with E-state index in [1.807, 2.05) is 12.1 Å². The molecule has 1 heterocycles. The second kappa shape index (κ2) is 5.38. The zero-order chi connectivity index (χ0) is 13.2. The van der Waals surface area contributed by atoms with Gasteiger partial charge in [-0.05, 0) is 37.1 Å². The van der Waals surface area contributed by atoms with Gasteiger partial charge in [0.25, 0.3) is 5.91 Å². The molecular formula is C13H12BrN3OS. The largest absolute Gasteiger partial charge is 0.296 e. The van der Waals surface area contributed by atoms with Gasteiger partial charge in [-0.1, -0.05) is 33.7 Å². The van der Waals surface area contributed by atoms with Crippen LogP contribution in [0.2, 0.25) is 0 Å². The summed E-state index contributed by atoms with van der Waals surface area (Å²) in [6, 6.07) is 7.23. The fourth-order valence-electron chi connectivity index (χ4n) is 1.88. The number of benzene rings is 1. The maximum atomic E-state index is 12.0. The van der Waals surface area contributed by atoms with Crippen LogP contribution in [0.1, 0.15) is 40.5 Å². The van der Waals surface area contributed by atoms with E-state index in [-0.39, 0.29) is 5.91 Å². The van der Waals surface area contributed by atoms with Gasteiger partial charge in [0, 0.05) is 16.0 Å². The molecular weight excluding hydrogens is 326 g/mol. The molecule has 3 rings (SSSR count). The van der Waals surface area contributed by atoms with Gasteiger partial charge in [0.15, 0.2) is 0 Å². The molecule has 98 valence electrons. The van der Waals surface area contributed by atoms with Crippen LogP contribution < -0.4 is 5.32 Å². The summed E-state index contributed by atoms with van der Waals surface area (Å²) in [7, 11) is 0. The van der Waals surface area contributed by atoms with E-state index < -0.39 is 0 Å². The quantitative estimate of drug-likeness (QED) is 0.926. The Morgan fingerprint density at radius 3 is 2.63 bits per heavy atom. The smallest absolute Gasteiger partial charge is 0.257 e. The Labute approximate surface area is 123 Å². The van der Waals surface area contributed by atoms with Crippen LogP contribution in [0.4, 0.5) is 5.13 Å². The van der Waals surface area contributed by atoms with E-state index in [4.69, 9.17) is 0 Å². The first kappa shape index (κ1) is 12.7. The molecule has 1 aliphatic carbocycles. The Balaban J connectivity index is 1.68. The van der Waals surface area contributed by atoms with Gasteiger partial charge in [-0.15, -0.1) is 10.2 Å². The van der Waals surface area contributed by atoms with Crippen LogP contribution in [-0.4, -0.2) is 16.1 Å². The number of hydrogen-bond acceptors (Lipinski definition) is 4. The minimum atomic E-state index is -0.149. The number of nitrogens with one attached hydrogen (secondary N) is 1. The van der Waals surface area contributed by atoms with Gasteiger partial charge in [-0.25, -0.2) is 0 Å². The molecule has 1 saturated carbocycles. The molecule has 1 aromatic carbocycles. The van der Waals surface area contributed by atoms with Crippen molar-refractivity contribution in [1.29, 1.82) is 0 Å². The Kier molecular flexibility index (Phi) is 3.61. The lowest BCUT2D eigenvalue weighted by Crippen LogP contribution is -2.11. The normalized spacial score (nSPS) is 15.0. The monoisotopic (exact) mass is 337 g/mol. The second-order valence-corrected chi connectivity index (χ2v) is 6.46. The number of hydrogen-bond donors (Lipinski definition) is 1. The van der Waals surface area contributed by atoms with E-state index in [1.165, 1.54) is 30.6 Å². The lowest BCUT2D eigenvalue weighted by atomic mass is 9.86. The average Bonchev–Trinajstić information content (AvgIpc) is 2.76. The number of carbonyl (C=O) groups excluding carboxylic acids is 1. The third kappa shape index (κ3) is 2.84. The summed E-state index contributed by atoms with van der Waals surface area (Å²) in [6.07, 6.45) is 3.65. The number of anilines is 1. The topological polar surface area (TPSA) is 54.9 Å². The van der Waals surface area contributed by atoms with Crippen LogP contribution >= 0.6 is 27.3 Å². The summed E-state index contributed by atoms with van der Waals surface area (Å²) in [6.45, 7) is 0. The predicted molar refractivity (Wildman–Crippen MR) is 78.6 cm³/mol. The van der Waals surface area contributed by atoms with E-state index in [2.05, 4.69) is 31.4 Å². The van der Waals surface area contributed by atoms with Crippen molar-refractivity contribution in [3.63, 3.8) is 0 Å². The summed E-state index contributed by atoms with van der Waals surface area (Å²) in [5, 5.41) is 12.6. The van der Waals surface area contributed by atoms with Gasteiger partial charge in [0.05, 0.1) is 0 Å². The molecule has 1 aromatic heterocycles. The minimum Gasteiger partial charge on any atom is -0.296 e. The van der Waals surface area contributed by atoms with E-state index in [9.17, 15) is 4.79 Å². The highest BCUT2D eigenvalue weighted by Crippen LogP contribution is 2.38. The highest BCUT2D eigenvalue weighted by Gasteiger charge is 2.23. The van der Waals surface area contributed by atoms with Crippen molar-refractivity contribution < 1.29 is 4.79 Å². The van der Waals surface area contributed by atoms with Crippen LogP contribution in [0.5, 0.6) is 0 Å². The molecule has 2 aromatic rings. The van der Waals surface area contributed by atoms with E-state index in [0.29, 0.717) is 16.6 Å². The zero-order valence-corrected chi connectivity index (χ0v) is 12.5. The molecule has 4 nitrogen and oxygen atoms in total. The fourth-order valence-corrected chi connectivity index (χ4v) is 3.05. The SMILES string of the molecule is O=C(Nc1nnc(C2CCC2)s1)c1ccc(Br)cc1. The van der Waals surface area contributed by atoms with E-state index in [1.54, 1.807) is 12.1 Å².